The largest absolute Gasteiger partial charge is 0.456 e. The first-order valence-electron chi connectivity index (χ1n) is 12.6. The molecule has 0 bridgehead atoms. The monoisotopic (exact) mass is 475 g/mol. The van der Waals surface area contributed by atoms with E-state index in [-0.39, 0.29) is 0 Å². The van der Waals surface area contributed by atoms with E-state index in [1.165, 1.54) is 49.5 Å². The van der Waals surface area contributed by atoms with Gasteiger partial charge in [-0.25, -0.2) is 0 Å². The number of aryl methyl sites for hydroxylation is 2. The number of hydrogen-bond donors (Lipinski definition) is 0. The lowest BCUT2D eigenvalue weighted by atomic mass is 9.93. The third kappa shape index (κ3) is 3.53. The van der Waals surface area contributed by atoms with Crippen molar-refractivity contribution in [3.05, 3.63) is 127 Å². The van der Waals surface area contributed by atoms with Crippen LogP contribution in [0.3, 0.4) is 0 Å². The first-order valence-corrected chi connectivity index (χ1v) is 12.6. The minimum atomic E-state index is 0.923. The summed E-state index contributed by atoms with van der Waals surface area (Å²) in [6, 6.07) is 38.6. The van der Waals surface area contributed by atoms with Crippen LogP contribution in [0.25, 0.3) is 66.2 Å². The van der Waals surface area contributed by atoms with Gasteiger partial charge in [0.2, 0.25) is 0 Å². The summed E-state index contributed by atoms with van der Waals surface area (Å²) in [4.78, 5) is 4.75. The molecule has 2 aromatic heterocycles. The topological polar surface area (TPSA) is 26.0 Å². The van der Waals surface area contributed by atoms with Gasteiger partial charge in [0.1, 0.15) is 11.2 Å². The van der Waals surface area contributed by atoms with Gasteiger partial charge in [-0.1, -0.05) is 78.9 Å². The summed E-state index contributed by atoms with van der Waals surface area (Å²) >= 11 is 0. The Morgan fingerprint density at radius 3 is 2.19 bits per heavy atom. The Morgan fingerprint density at radius 1 is 0.541 bits per heavy atom. The standard InChI is InChI=1S/C35H25NO/c1-22-8-5-9-23(2)34(22)26-18-19-36-31(21-26)25-11-6-10-24(20-25)27-13-7-14-29-28(27)16-17-33-35(29)30-12-3-4-15-32(30)37-33/h3-21H,1-2H3. The quantitative estimate of drug-likeness (QED) is 0.254. The highest BCUT2D eigenvalue weighted by Crippen LogP contribution is 2.39. The van der Waals surface area contributed by atoms with Crippen molar-refractivity contribution < 1.29 is 4.42 Å². The van der Waals surface area contributed by atoms with Crippen molar-refractivity contribution in [3.63, 3.8) is 0 Å². The number of hydrogen-bond acceptors (Lipinski definition) is 2. The van der Waals surface area contributed by atoms with E-state index in [4.69, 9.17) is 9.40 Å². The molecule has 0 unspecified atom stereocenters. The molecule has 0 saturated carbocycles. The number of para-hydroxylation sites is 1. The van der Waals surface area contributed by atoms with E-state index in [1.807, 2.05) is 18.3 Å². The molecule has 2 nitrogen and oxygen atoms in total. The summed E-state index contributed by atoms with van der Waals surface area (Å²) in [7, 11) is 0. The molecule has 2 heteroatoms. The van der Waals surface area contributed by atoms with Gasteiger partial charge in [-0.2, -0.15) is 0 Å². The summed E-state index contributed by atoms with van der Waals surface area (Å²) in [6.07, 6.45) is 1.92. The second-order valence-electron chi connectivity index (χ2n) is 9.71. The molecule has 0 spiro atoms. The molecule has 37 heavy (non-hydrogen) atoms. The van der Waals surface area contributed by atoms with Gasteiger partial charge in [0, 0.05) is 22.5 Å². The van der Waals surface area contributed by atoms with Crippen LogP contribution >= 0.6 is 0 Å². The fourth-order valence-electron chi connectivity index (χ4n) is 5.69. The van der Waals surface area contributed by atoms with Gasteiger partial charge >= 0.3 is 0 Å². The van der Waals surface area contributed by atoms with E-state index in [2.05, 4.69) is 111 Å². The van der Waals surface area contributed by atoms with E-state index in [1.54, 1.807) is 0 Å². The molecule has 0 saturated heterocycles. The SMILES string of the molecule is Cc1cccc(C)c1-c1ccnc(-c2cccc(-c3cccc4c3ccc3oc5ccccc5c34)c2)c1. The second kappa shape index (κ2) is 8.46. The number of fused-ring (bicyclic) bond motifs is 5. The average Bonchev–Trinajstić information content (AvgIpc) is 3.32. The molecule has 0 fully saturated rings. The zero-order valence-corrected chi connectivity index (χ0v) is 20.8. The Kier molecular flexibility index (Phi) is 4.93. The maximum Gasteiger partial charge on any atom is 0.136 e. The predicted molar refractivity (Wildman–Crippen MR) is 155 cm³/mol. The number of benzene rings is 5. The first kappa shape index (κ1) is 21.6. The van der Waals surface area contributed by atoms with E-state index in [0.717, 1.165) is 27.8 Å². The van der Waals surface area contributed by atoms with Gasteiger partial charge in [0.25, 0.3) is 0 Å². The highest BCUT2D eigenvalue weighted by molar-refractivity contribution is 6.20. The molecule has 0 aliphatic heterocycles. The van der Waals surface area contributed by atoms with Crippen molar-refractivity contribution in [1.82, 2.24) is 4.98 Å². The Labute approximate surface area is 215 Å². The van der Waals surface area contributed by atoms with Gasteiger partial charge in [-0.15, -0.1) is 0 Å². The average molecular weight is 476 g/mol. The van der Waals surface area contributed by atoms with Crippen LogP contribution in [0, 0.1) is 13.8 Å². The molecule has 176 valence electrons. The van der Waals surface area contributed by atoms with Crippen LogP contribution in [0.15, 0.2) is 120 Å². The maximum absolute atomic E-state index is 6.14. The van der Waals surface area contributed by atoms with Crippen molar-refractivity contribution in [2.24, 2.45) is 0 Å². The molecule has 0 atom stereocenters. The molecular formula is C35H25NO. The molecule has 0 amide bonds. The molecule has 2 heterocycles. The summed E-state index contributed by atoms with van der Waals surface area (Å²) in [5.41, 5.74) is 11.4. The van der Waals surface area contributed by atoms with Crippen LogP contribution in [0.4, 0.5) is 0 Å². The Bertz CT molecular complexity index is 1940. The van der Waals surface area contributed by atoms with Crippen molar-refractivity contribution in [2.45, 2.75) is 13.8 Å². The fourth-order valence-corrected chi connectivity index (χ4v) is 5.69. The van der Waals surface area contributed by atoms with Gasteiger partial charge in [0.05, 0.1) is 5.69 Å². The molecule has 0 radical (unpaired) electrons. The van der Waals surface area contributed by atoms with E-state index in [9.17, 15) is 0 Å². The van der Waals surface area contributed by atoms with Gasteiger partial charge in [-0.3, -0.25) is 4.98 Å². The molecule has 7 rings (SSSR count). The molecule has 0 aliphatic carbocycles. The molecular weight excluding hydrogens is 450 g/mol. The van der Waals surface area contributed by atoms with Gasteiger partial charge < -0.3 is 4.42 Å². The zero-order chi connectivity index (χ0) is 24.9. The van der Waals surface area contributed by atoms with Crippen molar-refractivity contribution >= 4 is 32.7 Å². The Hall–Kier alpha value is -4.69. The van der Waals surface area contributed by atoms with Crippen molar-refractivity contribution in [1.29, 1.82) is 0 Å². The zero-order valence-electron chi connectivity index (χ0n) is 20.8. The van der Waals surface area contributed by atoms with Crippen LogP contribution in [0.1, 0.15) is 11.1 Å². The van der Waals surface area contributed by atoms with Crippen molar-refractivity contribution in [2.75, 3.05) is 0 Å². The fraction of sp³-hybridized carbons (Fsp3) is 0.0571. The lowest BCUT2D eigenvalue weighted by Gasteiger charge is -2.12. The third-order valence-corrected chi connectivity index (χ3v) is 7.40. The van der Waals surface area contributed by atoms with Crippen LogP contribution < -0.4 is 0 Å². The highest BCUT2D eigenvalue weighted by Gasteiger charge is 2.14. The van der Waals surface area contributed by atoms with Crippen LogP contribution in [0.2, 0.25) is 0 Å². The lowest BCUT2D eigenvalue weighted by Crippen LogP contribution is -1.91. The second-order valence-corrected chi connectivity index (χ2v) is 9.71. The normalized spacial score (nSPS) is 11.5. The molecule has 0 aliphatic rings. The first-order chi connectivity index (χ1) is 18.2. The third-order valence-electron chi connectivity index (χ3n) is 7.40. The number of nitrogens with zero attached hydrogens (tertiary/aromatic N) is 1. The minimum Gasteiger partial charge on any atom is -0.456 e. The van der Waals surface area contributed by atoms with Crippen LogP contribution in [-0.2, 0) is 0 Å². The van der Waals surface area contributed by atoms with E-state index in [0.29, 0.717) is 0 Å². The van der Waals surface area contributed by atoms with E-state index >= 15 is 0 Å². The maximum atomic E-state index is 6.14. The Morgan fingerprint density at radius 2 is 1.30 bits per heavy atom. The number of rotatable bonds is 3. The van der Waals surface area contributed by atoms with Gasteiger partial charge in [-0.05, 0) is 88.3 Å². The number of pyridine rings is 1. The smallest absolute Gasteiger partial charge is 0.136 e. The minimum absolute atomic E-state index is 0.923. The number of aromatic nitrogens is 1. The summed E-state index contributed by atoms with van der Waals surface area (Å²) in [6.45, 7) is 4.34. The summed E-state index contributed by atoms with van der Waals surface area (Å²) < 4.78 is 6.14. The molecule has 5 aromatic carbocycles. The Balaban J connectivity index is 1.38. The van der Waals surface area contributed by atoms with Crippen molar-refractivity contribution in [3.8, 4) is 33.5 Å². The number of furan rings is 1. The summed E-state index contributed by atoms with van der Waals surface area (Å²) in [5, 5.41) is 4.76. The molecule has 0 N–H and O–H groups in total. The highest BCUT2D eigenvalue weighted by atomic mass is 16.3. The lowest BCUT2D eigenvalue weighted by molar-refractivity contribution is 0.669. The summed E-state index contributed by atoms with van der Waals surface area (Å²) in [5.74, 6) is 0. The van der Waals surface area contributed by atoms with E-state index < -0.39 is 0 Å². The predicted octanol–water partition coefficient (Wildman–Crippen LogP) is 9.75. The molecule has 7 aromatic rings. The van der Waals surface area contributed by atoms with Crippen LogP contribution in [0.5, 0.6) is 0 Å². The van der Waals surface area contributed by atoms with Crippen LogP contribution in [-0.4, -0.2) is 4.98 Å². The van der Waals surface area contributed by atoms with Gasteiger partial charge in [0.15, 0.2) is 0 Å².